The molecule has 1 aromatic heterocycles. The Morgan fingerprint density at radius 2 is 2.00 bits per heavy atom. The van der Waals surface area contributed by atoms with Crippen molar-refractivity contribution in [3.63, 3.8) is 0 Å². The Labute approximate surface area is 141 Å². The van der Waals surface area contributed by atoms with Gasteiger partial charge in [0.1, 0.15) is 28.7 Å². The van der Waals surface area contributed by atoms with Crippen molar-refractivity contribution in [1.82, 2.24) is 15.5 Å². The molecule has 6 heteroatoms. The van der Waals surface area contributed by atoms with E-state index in [4.69, 9.17) is 14.5 Å². The molecule has 126 valence electrons. The Morgan fingerprint density at radius 3 is 2.67 bits per heavy atom. The highest BCUT2D eigenvalue weighted by molar-refractivity contribution is 5.98. The average Bonchev–Trinajstić information content (AvgIpc) is 2.99. The molecule has 0 aliphatic carbocycles. The summed E-state index contributed by atoms with van der Waals surface area (Å²) in [5.74, 6) is 2.70. The molecule has 2 heterocycles. The number of hydrogen-bond acceptors (Lipinski definition) is 5. The van der Waals surface area contributed by atoms with Gasteiger partial charge in [0.2, 0.25) is 0 Å². The summed E-state index contributed by atoms with van der Waals surface area (Å²) in [6.45, 7) is 8.29. The highest BCUT2D eigenvalue weighted by atomic mass is 16.5. The number of ether oxygens (including phenoxy) is 2. The van der Waals surface area contributed by atoms with Crippen molar-refractivity contribution in [1.29, 1.82) is 0 Å². The van der Waals surface area contributed by atoms with Crippen LogP contribution in [0.25, 0.3) is 5.70 Å². The highest BCUT2D eigenvalue weighted by Gasteiger charge is 2.23. The zero-order valence-electron chi connectivity index (χ0n) is 14.4. The molecule has 0 fully saturated rings. The van der Waals surface area contributed by atoms with Gasteiger partial charge in [-0.2, -0.15) is 5.10 Å². The van der Waals surface area contributed by atoms with Crippen molar-refractivity contribution in [3.8, 4) is 11.5 Å². The molecule has 0 saturated carbocycles. The van der Waals surface area contributed by atoms with Gasteiger partial charge in [0.15, 0.2) is 0 Å². The van der Waals surface area contributed by atoms with E-state index in [-0.39, 0.29) is 0 Å². The van der Waals surface area contributed by atoms with Gasteiger partial charge in [-0.1, -0.05) is 20.4 Å². The van der Waals surface area contributed by atoms with Gasteiger partial charge >= 0.3 is 0 Å². The standard InChI is InChI=1S/C18H22N4O2/c1-10(2)16-18-17(22-21-16)11(3)19-15(20-18)9-12-8-13(23-4)6-7-14(12)24-5/h6-8,10H,3,9H2,1-2,4-5H3,(H,19,20)(H,21,22). The monoisotopic (exact) mass is 326 g/mol. The normalized spacial score (nSPS) is 13.4. The number of nitrogens with one attached hydrogen (secondary N) is 2. The first-order valence-corrected chi connectivity index (χ1v) is 7.86. The van der Waals surface area contributed by atoms with Gasteiger partial charge in [-0.3, -0.25) is 5.10 Å². The largest absolute Gasteiger partial charge is 0.497 e. The number of aliphatic imine (C=N–C) groups is 1. The van der Waals surface area contributed by atoms with Crippen molar-refractivity contribution < 1.29 is 9.47 Å². The van der Waals surface area contributed by atoms with Gasteiger partial charge in [-0.15, -0.1) is 0 Å². The highest BCUT2D eigenvalue weighted by Crippen LogP contribution is 2.34. The van der Waals surface area contributed by atoms with Crippen molar-refractivity contribution in [3.05, 3.63) is 41.7 Å². The van der Waals surface area contributed by atoms with E-state index in [1.54, 1.807) is 14.2 Å². The first-order valence-electron chi connectivity index (χ1n) is 7.86. The van der Waals surface area contributed by atoms with Crippen molar-refractivity contribution >= 4 is 17.2 Å². The number of aromatic amines is 1. The maximum atomic E-state index is 5.45. The van der Waals surface area contributed by atoms with Gasteiger partial charge in [0.25, 0.3) is 0 Å². The van der Waals surface area contributed by atoms with Crippen LogP contribution in [0.3, 0.4) is 0 Å². The van der Waals surface area contributed by atoms with Gasteiger partial charge in [0, 0.05) is 12.0 Å². The summed E-state index contributed by atoms with van der Waals surface area (Å²) in [6, 6.07) is 5.73. The summed E-state index contributed by atoms with van der Waals surface area (Å²) in [7, 11) is 3.31. The van der Waals surface area contributed by atoms with E-state index in [2.05, 4.69) is 35.9 Å². The quantitative estimate of drug-likeness (QED) is 0.883. The van der Waals surface area contributed by atoms with Crippen LogP contribution in [0.1, 0.15) is 36.7 Å². The second kappa shape index (κ2) is 6.39. The first kappa shape index (κ1) is 16.1. The minimum Gasteiger partial charge on any atom is -0.497 e. The summed E-state index contributed by atoms with van der Waals surface area (Å²) in [5, 5.41) is 10.6. The van der Waals surface area contributed by atoms with Gasteiger partial charge in [-0.25, -0.2) is 4.99 Å². The van der Waals surface area contributed by atoms with E-state index in [1.807, 2.05) is 18.2 Å². The van der Waals surface area contributed by atoms with E-state index in [0.717, 1.165) is 45.7 Å². The number of rotatable bonds is 5. The Kier molecular flexibility index (Phi) is 4.29. The predicted molar refractivity (Wildman–Crippen MR) is 95.2 cm³/mol. The molecular formula is C18H22N4O2. The van der Waals surface area contributed by atoms with Crippen molar-refractivity contribution in [2.75, 3.05) is 14.2 Å². The third kappa shape index (κ3) is 2.87. The fourth-order valence-corrected chi connectivity index (χ4v) is 2.76. The number of nitrogens with zero attached hydrogens (tertiary/aromatic N) is 2. The molecule has 1 aliphatic rings. The van der Waals surface area contributed by atoms with Crippen LogP contribution >= 0.6 is 0 Å². The second-order valence-corrected chi connectivity index (χ2v) is 6.01. The number of amidine groups is 1. The number of aromatic nitrogens is 2. The molecule has 2 aromatic rings. The second-order valence-electron chi connectivity index (χ2n) is 6.01. The molecule has 0 radical (unpaired) electrons. The summed E-state index contributed by atoms with van der Waals surface area (Å²) in [4.78, 5) is 4.76. The first-order chi connectivity index (χ1) is 11.5. The van der Waals surface area contributed by atoms with E-state index >= 15 is 0 Å². The molecule has 0 atom stereocenters. The number of benzene rings is 1. The molecule has 0 saturated heterocycles. The summed E-state index contributed by atoms with van der Waals surface area (Å²) >= 11 is 0. The zero-order chi connectivity index (χ0) is 17.3. The number of methoxy groups -OCH3 is 2. The van der Waals surface area contributed by atoms with Crippen LogP contribution in [0, 0.1) is 0 Å². The smallest absolute Gasteiger partial charge is 0.134 e. The van der Waals surface area contributed by atoms with Crippen molar-refractivity contribution in [2.45, 2.75) is 26.2 Å². The maximum absolute atomic E-state index is 5.45. The third-order valence-electron chi connectivity index (χ3n) is 4.02. The number of hydrogen-bond donors (Lipinski definition) is 2. The van der Waals surface area contributed by atoms with E-state index in [0.29, 0.717) is 12.3 Å². The maximum Gasteiger partial charge on any atom is 0.134 e. The Balaban J connectivity index is 1.97. The third-order valence-corrected chi connectivity index (χ3v) is 4.02. The number of fused-ring (bicyclic) bond motifs is 1. The Bertz CT molecular complexity index is 805. The van der Waals surface area contributed by atoms with Crippen LogP contribution in [-0.4, -0.2) is 30.3 Å². The topological polar surface area (TPSA) is 71.5 Å². The fraction of sp³-hybridized carbons (Fsp3) is 0.333. The summed E-state index contributed by atoms with van der Waals surface area (Å²) in [6.07, 6.45) is 0.585. The molecule has 1 aliphatic heterocycles. The van der Waals surface area contributed by atoms with Gasteiger partial charge < -0.3 is 14.8 Å². The zero-order valence-corrected chi connectivity index (χ0v) is 14.4. The lowest BCUT2D eigenvalue weighted by atomic mass is 10.1. The van der Waals surface area contributed by atoms with Crippen LogP contribution in [0.5, 0.6) is 11.5 Å². The Morgan fingerprint density at radius 1 is 1.21 bits per heavy atom. The Hall–Kier alpha value is -2.76. The molecule has 0 spiro atoms. The van der Waals surface area contributed by atoms with Crippen LogP contribution < -0.4 is 14.8 Å². The minimum absolute atomic E-state index is 0.309. The molecule has 3 rings (SSSR count). The molecule has 2 N–H and O–H groups in total. The molecular weight excluding hydrogens is 304 g/mol. The SMILES string of the molecule is C=C1NC(Cc2cc(OC)ccc2OC)=Nc2c1n[nH]c2C(C)C. The van der Waals surface area contributed by atoms with E-state index < -0.39 is 0 Å². The molecule has 6 nitrogen and oxygen atoms in total. The van der Waals surface area contributed by atoms with Crippen LogP contribution in [0.15, 0.2) is 29.8 Å². The lowest BCUT2D eigenvalue weighted by Crippen LogP contribution is -2.26. The predicted octanol–water partition coefficient (Wildman–Crippen LogP) is 3.40. The summed E-state index contributed by atoms with van der Waals surface area (Å²) in [5.41, 5.74) is 4.40. The lowest BCUT2D eigenvalue weighted by Gasteiger charge is -2.18. The van der Waals surface area contributed by atoms with E-state index in [9.17, 15) is 0 Å². The number of H-pyrrole nitrogens is 1. The van der Waals surface area contributed by atoms with Crippen LogP contribution in [0.2, 0.25) is 0 Å². The lowest BCUT2D eigenvalue weighted by molar-refractivity contribution is 0.400. The molecule has 1 aromatic carbocycles. The minimum atomic E-state index is 0.309. The van der Waals surface area contributed by atoms with Gasteiger partial charge in [-0.05, 0) is 24.1 Å². The molecule has 0 bridgehead atoms. The van der Waals surface area contributed by atoms with E-state index in [1.165, 1.54) is 0 Å². The van der Waals surface area contributed by atoms with Gasteiger partial charge in [0.05, 0.1) is 25.6 Å². The molecule has 0 amide bonds. The fourth-order valence-electron chi connectivity index (χ4n) is 2.76. The average molecular weight is 326 g/mol. The molecule has 0 unspecified atom stereocenters. The van der Waals surface area contributed by atoms with Crippen molar-refractivity contribution in [2.24, 2.45) is 4.99 Å². The van der Waals surface area contributed by atoms with Crippen LogP contribution in [-0.2, 0) is 6.42 Å². The summed E-state index contributed by atoms with van der Waals surface area (Å²) < 4.78 is 10.8. The molecule has 24 heavy (non-hydrogen) atoms. The van der Waals surface area contributed by atoms with Crippen LogP contribution in [0.4, 0.5) is 5.69 Å².